The molecule has 6 heteroatoms. The summed E-state index contributed by atoms with van der Waals surface area (Å²) < 4.78 is 6.87. The number of hydrogen-bond acceptors (Lipinski definition) is 4. The van der Waals surface area contributed by atoms with Crippen LogP contribution in [0.25, 0.3) is 22.4 Å². The Morgan fingerprint density at radius 3 is 2.03 bits per heavy atom. The number of ether oxygens (including phenoxy) is 1. The zero-order valence-electron chi connectivity index (χ0n) is 18.8. The lowest BCUT2D eigenvalue weighted by Gasteiger charge is -2.16. The number of anilines is 1. The Labute approximate surface area is 192 Å². The van der Waals surface area contributed by atoms with Crippen molar-refractivity contribution in [3.05, 3.63) is 101 Å². The summed E-state index contributed by atoms with van der Waals surface area (Å²) in [6.07, 6.45) is 0.0510. The van der Waals surface area contributed by atoms with E-state index in [9.17, 15) is 9.59 Å². The SMILES string of the molecule is CC(C)Oc1ccc(NC(=O)c2c(-c3ccccc3)c(-c3ccccc3)nn(C)c2=O)cc1. The topological polar surface area (TPSA) is 73.2 Å². The number of hydrogen-bond donors (Lipinski definition) is 1. The minimum atomic E-state index is -0.494. The number of nitrogens with one attached hydrogen (secondary N) is 1. The third kappa shape index (κ3) is 4.85. The van der Waals surface area contributed by atoms with Crippen molar-refractivity contribution in [2.24, 2.45) is 7.05 Å². The fraction of sp³-hybridized carbons (Fsp3) is 0.148. The minimum absolute atomic E-state index is 0.0417. The van der Waals surface area contributed by atoms with Gasteiger partial charge in [0.05, 0.1) is 11.8 Å². The third-order valence-corrected chi connectivity index (χ3v) is 5.07. The van der Waals surface area contributed by atoms with Crippen molar-refractivity contribution in [3.63, 3.8) is 0 Å². The molecule has 3 aromatic carbocycles. The van der Waals surface area contributed by atoms with Gasteiger partial charge in [0, 0.05) is 23.9 Å². The molecule has 0 aliphatic heterocycles. The van der Waals surface area contributed by atoms with E-state index in [-0.39, 0.29) is 11.7 Å². The number of benzene rings is 3. The normalized spacial score (nSPS) is 10.8. The molecule has 33 heavy (non-hydrogen) atoms. The molecule has 0 saturated heterocycles. The summed E-state index contributed by atoms with van der Waals surface area (Å²) in [4.78, 5) is 26.6. The van der Waals surface area contributed by atoms with Crippen LogP contribution < -0.4 is 15.6 Å². The lowest BCUT2D eigenvalue weighted by molar-refractivity contribution is 0.102. The van der Waals surface area contributed by atoms with Crippen molar-refractivity contribution < 1.29 is 9.53 Å². The Morgan fingerprint density at radius 1 is 0.879 bits per heavy atom. The molecule has 0 unspecified atom stereocenters. The van der Waals surface area contributed by atoms with Gasteiger partial charge >= 0.3 is 0 Å². The number of aryl methyl sites for hydroxylation is 1. The van der Waals surface area contributed by atoms with Gasteiger partial charge in [-0.2, -0.15) is 5.10 Å². The van der Waals surface area contributed by atoms with Gasteiger partial charge in [-0.25, -0.2) is 4.68 Å². The largest absolute Gasteiger partial charge is 0.491 e. The Kier molecular flexibility index (Phi) is 6.36. The highest BCUT2D eigenvalue weighted by atomic mass is 16.5. The quantitative estimate of drug-likeness (QED) is 0.451. The van der Waals surface area contributed by atoms with Crippen LogP contribution in [0, 0.1) is 0 Å². The van der Waals surface area contributed by atoms with E-state index in [1.54, 1.807) is 31.3 Å². The molecule has 0 saturated carbocycles. The van der Waals surface area contributed by atoms with Crippen LogP contribution in [0.5, 0.6) is 5.75 Å². The lowest BCUT2D eigenvalue weighted by Crippen LogP contribution is -2.31. The molecule has 0 aliphatic rings. The second-order valence-electron chi connectivity index (χ2n) is 7.90. The number of rotatable bonds is 6. The Hall–Kier alpha value is -4.19. The first-order valence-electron chi connectivity index (χ1n) is 10.7. The first-order valence-corrected chi connectivity index (χ1v) is 10.7. The van der Waals surface area contributed by atoms with Gasteiger partial charge in [-0.15, -0.1) is 0 Å². The fourth-order valence-electron chi connectivity index (χ4n) is 3.61. The molecular formula is C27H25N3O3. The summed E-state index contributed by atoms with van der Waals surface area (Å²) in [5.41, 5.74) is 2.77. The second-order valence-corrected chi connectivity index (χ2v) is 7.90. The molecule has 0 radical (unpaired) electrons. The van der Waals surface area contributed by atoms with Gasteiger partial charge in [-0.3, -0.25) is 9.59 Å². The van der Waals surface area contributed by atoms with Gasteiger partial charge in [0.25, 0.3) is 11.5 Å². The van der Waals surface area contributed by atoms with Crippen molar-refractivity contribution in [3.8, 4) is 28.1 Å². The summed E-state index contributed by atoms with van der Waals surface area (Å²) in [5, 5.41) is 7.38. The number of carbonyl (C=O) groups excluding carboxylic acids is 1. The molecule has 1 amide bonds. The second kappa shape index (κ2) is 9.53. The van der Waals surface area contributed by atoms with Crippen molar-refractivity contribution in [1.29, 1.82) is 0 Å². The van der Waals surface area contributed by atoms with Crippen LogP contribution in [0.1, 0.15) is 24.2 Å². The number of aromatic nitrogens is 2. The third-order valence-electron chi connectivity index (χ3n) is 5.07. The molecule has 0 fully saturated rings. The molecular weight excluding hydrogens is 414 g/mol. The molecule has 166 valence electrons. The van der Waals surface area contributed by atoms with Crippen LogP contribution in [0.4, 0.5) is 5.69 Å². The van der Waals surface area contributed by atoms with Crippen LogP contribution in [0.15, 0.2) is 89.7 Å². The van der Waals surface area contributed by atoms with Gasteiger partial charge in [-0.05, 0) is 43.7 Å². The first-order chi connectivity index (χ1) is 15.9. The molecule has 1 heterocycles. The lowest BCUT2D eigenvalue weighted by atomic mass is 9.95. The smallest absolute Gasteiger partial charge is 0.280 e. The van der Waals surface area contributed by atoms with Gasteiger partial charge in [0.15, 0.2) is 0 Å². The average molecular weight is 440 g/mol. The van der Waals surface area contributed by atoms with E-state index in [0.717, 1.165) is 11.1 Å². The van der Waals surface area contributed by atoms with Crippen LogP contribution in [-0.4, -0.2) is 21.8 Å². The first kappa shape index (κ1) is 22.0. The number of nitrogens with zero attached hydrogens (tertiary/aromatic N) is 2. The van der Waals surface area contributed by atoms with Crippen molar-refractivity contribution in [2.45, 2.75) is 20.0 Å². The summed E-state index contributed by atoms with van der Waals surface area (Å²) in [6, 6.07) is 26.0. The van der Waals surface area contributed by atoms with Gasteiger partial charge in [0.2, 0.25) is 0 Å². The van der Waals surface area contributed by atoms with E-state index >= 15 is 0 Å². The number of carbonyl (C=O) groups is 1. The molecule has 6 nitrogen and oxygen atoms in total. The van der Waals surface area contributed by atoms with Gasteiger partial charge in [0.1, 0.15) is 11.3 Å². The average Bonchev–Trinajstić information content (AvgIpc) is 2.82. The molecule has 4 aromatic rings. The van der Waals surface area contributed by atoms with E-state index < -0.39 is 11.5 Å². The maximum Gasteiger partial charge on any atom is 0.280 e. The van der Waals surface area contributed by atoms with Crippen molar-refractivity contribution >= 4 is 11.6 Å². The highest BCUT2D eigenvalue weighted by Crippen LogP contribution is 2.32. The van der Waals surface area contributed by atoms with E-state index in [4.69, 9.17) is 4.74 Å². The monoisotopic (exact) mass is 439 g/mol. The Morgan fingerprint density at radius 2 is 1.45 bits per heavy atom. The van der Waals surface area contributed by atoms with E-state index in [1.165, 1.54) is 4.68 Å². The van der Waals surface area contributed by atoms with Crippen molar-refractivity contribution in [2.75, 3.05) is 5.32 Å². The van der Waals surface area contributed by atoms with Gasteiger partial charge < -0.3 is 10.1 Å². The van der Waals surface area contributed by atoms with E-state index in [0.29, 0.717) is 22.7 Å². The molecule has 4 rings (SSSR count). The maximum absolute atomic E-state index is 13.4. The molecule has 0 aliphatic carbocycles. The standard InChI is InChI=1S/C27H25N3O3/c1-18(2)33-22-16-14-21(15-17-22)28-26(31)24-23(19-10-6-4-7-11-19)25(29-30(3)27(24)32)20-12-8-5-9-13-20/h4-18H,1-3H3,(H,28,31). The summed E-state index contributed by atoms with van der Waals surface area (Å²) in [5.74, 6) is 0.214. The van der Waals surface area contributed by atoms with Crippen LogP contribution in [-0.2, 0) is 7.05 Å². The van der Waals surface area contributed by atoms with E-state index in [1.807, 2.05) is 74.5 Å². The number of amides is 1. The molecule has 0 spiro atoms. The molecule has 0 bridgehead atoms. The predicted molar refractivity (Wildman–Crippen MR) is 131 cm³/mol. The molecule has 1 aromatic heterocycles. The summed E-state index contributed by atoms with van der Waals surface area (Å²) >= 11 is 0. The molecule has 0 atom stereocenters. The predicted octanol–water partition coefficient (Wildman–Crippen LogP) is 5.15. The molecule has 1 N–H and O–H groups in total. The van der Waals surface area contributed by atoms with E-state index in [2.05, 4.69) is 10.4 Å². The van der Waals surface area contributed by atoms with Crippen LogP contribution >= 0.6 is 0 Å². The van der Waals surface area contributed by atoms with Crippen LogP contribution in [0.3, 0.4) is 0 Å². The highest BCUT2D eigenvalue weighted by Gasteiger charge is 2.24. The summed E-state index contributed by atoms with van der Waals surface area (Å²) in [7, 11) is 1.55. The minimum Gasteiger partial charge on any atom is -0.491 e. The van der Waals surface area contributed by atoms with Crippen LogP contribution in [0.2, 0.25) is 0 Å². The van der Waals surface area contributed by atoms with Crippen molar-refractivity contribution in [1.82, 2.24) is 9.78 Å². The maximum atomic E-state index is 13.4. The zero-order chi connectivity index (χ0) is 23.4. The highest BCUT2D eigenvalue weighted by molar-refractivity contribution is 6.10. The zero-order valence-corrected chi connectivity index (χ0v) is 18.8. The Bertz CT molecular complexity index is 1310. The van der Waals surface area contributed by atoms with Gasteiger partial charge in [-0.1, -0.05) is 60.7 Å². The Balaban J connectivity index is 1.82. The summed E-state index contributed by atoms with van der Waals surface area (Å²) in [6.45, 7) is 3.90. The fourth-order valence-corrected chi connectivity index (χ4v) is 3.61.